The molecule has 0 saturated heterocycles. The summed E-state index contributed by atoms with van der Waals surface area (Å²) < 4.78 is 10.7. The summed E-state index contributed by atoms with van der Waals surface area (Å²) in [4.78, 5) is 0. The zero-order valence-corrected chi connectivity index (χ0v) is 14.6. The first kappa shape index (κ1) is 19.0. The van der Waals surface area contributed by atoms with Crippen molar-refractivity contribution in [3.8, 4) is 5.75 Å². The molecule has 0 fully saturated rings. The summed E-state index contributed by atoms with van der Waals surface area (Å²) in [5.74, 6) is 0.893. The minimum atomic E-state index is 0.341. The maximum absolute atomic E-state index is 5.48. The Hall–Kier alpha value is -1.02. The highest BCUT2D eigenvalue weighted by Gasteiger charge is 1.97. The van der Waals surface area contributed by atoms with Gasteiger partial charge in [-0.1, -0.05) is 70.4 Å². The molecule has 0 unspecified atom stereocenters. The first-order chi connectivity index (χ1) is 10.9. The molecule has 1 aromatic rings. The molecule has 0 spiro atoms. The van der Waals surface area contributed by atoms with Gasteiger partial charge in [-0.15, -0.1) is 0 Å². The average molecular weight is 306 g/mol. The van der Waals surface area contributed by atoms with E-state index in [2.05, 4.69) is 19.1 Å². The van der Waals surface area contributed by atoms with Crippen LogP contribution in [0, 0.1) is 0 Å². The van der Waals surface area contributed by atoms with Crippen molar-refractivity contribution < 1.29 is 9.47 Å². The van der Waals surface area contributed by atoms with E-state index >= 15 is 0 Å². The standard InChI is InChI=1S/C20H34O2/c1-3-5-6-7-8-9-10-11-12-13-19-14-16-20(17-15-19)22-18-21-4-2/h14-17H,3-13,18H2,1-2H3. The largest absolute Gasteiger partial charge is 0.468 e. The summed E-state index contributed by atoms with van der Waals surface area (Å²) >= 11 is 0. The van der Waals surface area contributed by atoms with Gasteiger partial charge in [-0.05, 0) is 37.5 Å². The normalized spacial score (nSPS) is 10.8. The van der Waals surface area contributed by atoms with Crippen LogP contribution in [0.4, 0.5) is 0 Å². The lowest BCUT2D eigenvalue weighted by Crippen LogP contribution is -2.01. The molecule has 0 radical (unpaired) electrons. The number of unbranched alkanes of at least 4 members (excludes halogenated alkanes) is 8. The van der Waals surface area contributed by atoms with E-state index < -0.39 is 0 Å². The first-order valence-corrected chi connectivity index (χ1v) is 9.16. The molecule has 22 heavy (non-hydrogen) atoms. The van der Waals surface area contributed by atoms with Crippen molar-refractivity contribution in [2.75, 3.05) is 13.4 Å². The monoisotopic (exact) mass is 306 g/mol. The SMILES string of the molecule is CCCCCCCCCCCc1ccc(OCOCC)cc1. The lowest BCUT2D eigenvalue weighted by molar-refractivity contribution is 0.0224. The second-order valence-corrected chi connectivity index (χ2v) is 5.98. The van der Waals surface area contributed by atoms with E-state index in [1.807, 2.05) is 19.1 Å². The van der Waals surface area contributed by atoms with Crippen LogP contribution in [0.25, 0.3) is 0 Å². The Morgan fingerprint density at radius 3 is 1.91 bits per heavy atom. The van der Waals surface area contributed by atoms with Crippen LogP contribution in [-0.4, -0.2) is 13.4 Å². The smallest absolute Gasteiger partial charge is 0.189 e. The summed E-state index contributed by atoms with van der Waals surface area (Å²) in [7, 11) is 0. The molecular formula is C20H34O2. The van der Waals surface area contributed by atoms with Crippen molar-refractivity contribution in [1.29, 1.82) is 0 Å². The molecule has 2 nitrogen and oxygen atoms in total. The van der Waals surface area contributed by atoms with Crippen molar-refractivity contribution in [3.05, 3.63) is 29.8 Å². The van der Waals surface area contributed by atoms with Crippen LogP contribution in [0.5, 0.6) is 5.75 Å². The predicted molar refractivity (Wildman–Crippen MR) is 94.5 cm³/mol. The molecular weight excluding hydrogens is 272 g/mol. The molecule has 0 saturated carbocycles. The maximum atomic E-state index is 5.48. The van der Waals surface area contributed by atoms with Gasteiger partial charge in [-0.25, -0.2) is 0 Å². The maximum Gasteiger partial charge on any atom is 0.189 e. The van der Waals surface area contributed by atoms with Gasteiger partial charge in [0.1, 0.15) is 5.75 Å². The Labute approximate surface area is 137 Å². The Kier molecular flexibility index (Phi) is 11.8. The second-order valence-electron chi connectivity index (χ2n) is 5.98. The second kappa shape index (κ2) is 13.6. The van der Waals surface area contributed by atoms with Crippen LogP contribution in [0.3, 0.4) is 0 Å². The lowest BCUT2D eigenvalue weighted by atomic mass is 10.0. The fraction of sp³-hybridized carbons (Fsp3) is 0.700. The van der Waals surface area contributed by atoms with Gasteiger partial charge in [0.2, 0.25) is 0 Å². The number of hydrogen-bond acceptors (Lipinski definition) is 2. The Morgan fingerprint density at radius 2 is 1.32 bits per heavy atom. The van der Waals surface area contributed by atoms with Gasteiger partial charge in [0, 0.05) is 6.61 Å². The molecule has 1 aromatic carbocycles. The molecule has 126 valence electrons. The Bertz CT molecular complexity index is 345. The molecule has 0 aliphatic heterocycles. The van der Waals surface area contributed by atoms with E-state index in [0.717, 1.165) is 5.75 Å². The van der Waals surface area contributed by atoms with Gasteiger partial charge in [0.25, 0.3) is 0 Å². The minimum Gasteiger partial charge on any atom is -0.468 e. The molecule has 0 aromatic heterocycles. The average Bonchev–Trinajstić information content (AvgIpc) is 2.55. The molecule has 0 atom stereocenters. The topological polar surface area (TPSA) is 18.5 Å². The molecule has 0 amide bonds. The van der Waals surface area contributed by atoms with E-state index in [4.69, 9.17) is 9.47 Å². The fourth-order valence-corrected chi connectivity index (χ4v) is 2.59. The van der Waals surface area contributed by atoms with E-state index in [0.29, 0.717) is 13.4 Å². The summed E-state index contributed by atoms with van der Waals surface area (Å²) in [6.45, 7) is 5.28. The third-order valence-electron chi connectivity index (χ3n) is 4.01. The van der Waals surface area contributed by atoms with Gasteiger partial charge < -0.3 is 9.47 Å². The van der Waals surface area contributed by atoms with Crippen LogP contribution in [0.2, 0.25) is 0 Å². The zero-order valence-electron chi connectivity index (χ0n) is 14.6. The van der Waals surface area contributed by atoms with E-state index in [1.54, 1.807) is 0 Å². The molecule has 1 rings (SSSR count). The van der Waals surface area contributed by atoms with Gasteiger partial charge >= 0.3 is 0 Å². The minimum absolute atomic E-state index is 0.341. The van der Waals surface area contributed by atoms with Crippen molar-refractivity contribution >= 4 is 0 Å². The number of ether oxygens (including phenoxy) is 2. The molecule has 0 bridgehead atoms. The van der Waals surface area contributed by atoms with Gasteiger partial charge in [0.05, 0.1) is 0 Å². The van der Waals surface area contributed by atoms with Gasteiger partial charge in [0.15, 0.2) is 6.79 Å². The number of aryl methyl sites for hydroxylation is 1. The van der Waals surface area contributed by atoms with Gasteiger partial charge in [-0.2, -0.15) is 0 Å². The summed E-state index contributed by atoms with van der Waals surface area (Å²) in [6.07, 6.45) is 13.7. The van der Waals surface area contributed by atoms with E-state index in [-0.39, 0.29) is 0 Å². The highest BCUT2D eigenvalue weighted by Crippen LogP contribution is 2.15. The molecule has 0 N–H and O–H groups in total. The van der Waals surface area contributed by atoms with E-state index in [9.17, 15) is 0 Å². The highest BCUT2D eigenvalue weighted by atomic mass is 16.7. The van der Waals surface area contributed by atoms with Crippen LogP contribution in [0.1, 0.15) is 77.2 Å². The predicted octanol–water partition coefficient (Wildman–Crippen LogP) is 6.13. The first-order valence-electron chi connectivity index (χ1n) is 9.16. The molecule has 0 aliphatic rings. The van der Waals surface area contributed by atoms with Crippen LogP contribution < -0.4 is 4.74 Å². The van der Waals surface area contributed by atoms with Crippen LogP contribution in [0.15, 0.2) is 24.3 Å². The summed E-state index contributed by atoms with van der Waals surface area (Å²) in [6, 6.07) is 8.43. The van der Waals surface area contributed by atoms with Crippen LogP contribution >= 0.6 is 0 Å². The van der Waals surface area contributed by atoms with Crippen molar-refractivity contribution in [1.82, 2.24) is 0 Å². The van der Waals surface area contributed by atoms with Crippen molar-refractivity contribution in [3.63, 3.8) is 0 Å². The Balaban J connectivity index is 2.00. The number of hydrogen-bond donors (Lipinski definition) is 0. The van der Waals surface area contributed by atoms with Crippen LogP contribution in [-0.2, 0) is 11.2 Å². The number of rotatable bonds is 14. The zero-order chi connectivity index (χ0) is 15.9. The Morgan fingerprint density at radius 1 is 0.727 bits per heavy atom. The third-order valence-corrected chi connectivity index (χ3v) is 4.01. The van der Waals surface area contributed by atoms with E-state index in [1.165, 1.54) is 69.8 Å². The lowest BCUT2D eigenvalue weighted by Gasteiger charge is -2.07. The quantitative estimate of drug-likeness (QED) is 0.304. The van der Waals surface area contributed by atoms with Crippen molar-refractivity contribution in [2.45, 2.75) is 78.1 Å². The van der Waals surface area contributed by atoms with Crippen molar-refractivity contribution in [2.24, 2.45) is 0 Å². The molecule has 0 aliphatic carbocycles. The molecule has 0 heterocycles. The molecule has 2 heteroatoms. The third kappa shape index (κ3) is 9.83. The fourth-order valence-electron chi connectivity index (χ4n) is 2.59. The number of benzene rings is 1. The highest BCUT2D eigenvalue weighted by molar-refractivity contribution is 5.27. The summed E-state index contributed by atoms with van der Waals surface area (Å²) in [5.41, 5.74) is 1.41. The summed E-state index contributed by atoms with van der Waals surface area (Å²) in [5, 5.41) is 0. The van der Waals surface area contributed by atoms with Gasteiger partial charge in [-0.3, -0.25) is 0 Å².